The van der Waals surface area contributed by atoms with Crippen molar-refractivity contribution in [1.29, 1.82) is 0 Å². The maximum atomic E-state index is 12.9. The van der Waals surface area contributed by atoms with E-state index in [9.17, 15) is 4.79 Å². The molecular weight excluding hydrogens is 408 g/mol. The van der Waals surface area contributed by atoms with E-state index in [1.165, 1.54) is 7.11 Å². The second-order valence-corrected chi connectivity index (χ2v) is 7.25. The molecule has 4 rings (SSSR count). The average molecular weight is 429 g/mol. The van der Waals surface area contributed by atoms with Crippen LogP contribution in [0.5, 0.6) is 11.5 Å². The van der Waals surface area contributed by atoms with Gasteiger partial charge in [0.15, 0.2) is 0 Å². The molecule has 2 amide bonds. The van der Waals surface area contributed by atoms with Crippen LogP contribution in [0.15, 0.2) is 47.0 Å². The van der Waals surface area contributed by atoms with Crippen molar-refractivity contribution < 1.29 is 18.8 Å². The van der Waals surface area contributed by atoms with Crippen LogP contribution in [0.4, 0.5) is 10.5 Å². The predicted octanol–water partition coefficient (Wildman–Crippen LogP) is 4.78. The van der Waals surface area contributed by atoms with Crippen molar-refractivity contribution in [3.63, 3.8) is 0 Å². The van der Waals surface area contributed by atoms with Crippen LogP contribution in [0.2, 0.25) is 5.02 Å². The molecule has 0 unspecified atom stereocenters. The van der Waals surface area contributed by atoms with Gasteiger partial charge in [0, 0.05) is 17.1 Å². The minimum atomic E-state index is -0.304. The number of amides is 2. The number of hydrogen-bond donors (Lipinski definition) is 1. The number of nitrogens with one attached hydrogen (secondary N) is 1. The van der Waals surface area contributed by atoms with Crippen LogP contribution < -0.4 is 14.8 Å². The monoisotopic (exact) mass is 428 g/mol. The fourth-order valence-electron chi connectivity index (χ4n) is 3.48. The quantitative estimate of drug-likeness (QED) is 0.629. The topological polar surface area (TPSA) is 89.7 Å². The first-order chi connectivity index (χ1) is 14.6. The van der Waals surface area contributed by atoms with Crippen LogP contribution in [0.1, 0.15) is 24.8 Å². The van der Waals surface area contributed by atoms with Gasteiger partial charge in [-0.25, -0.2) is 4.79 Å². The summed E-state index contributed by atoms with van der Waals surface area (Å²) in [5.74, 6) is 2.09. The molecule has 0 spiro atoms. The number of ether oxygens (including phenoxy) is 2. The van der Waals surface area contributed by atoms with E-state index in [2.05, 4.69) is 15.5 Å². The average Bonchev–Trinajstić information content (AvgIpc) is 3.43. The van der Waals surface area contributed by atoms with Crippen LogP contribution in [0.25, 0.3) is 11.4 Å². The Morgan fingerprint density at radius 3 is 2.90 bits per heavy atom. The van der Waals surface area contributed by atoms with Crippen molar-refractivity contribution in [2.75, 3.05) is 26.1 Å². The smallest absolute Gasteiger partial charge is 0.322 e. The second-order valence-electron chi connectivity index (χ2n) is 6.81. The zero-order valence-corrected chi connectivity index (χ0v) is 17.3. The molecule has 156 valence electrons. The van der Waals surface area contributed by atoms with Crippen molar-refractivity contribution >= 4 is 23.3 Å². The molecule has 2 aromatic carbocycles. The molecule has 1 atom stereocenters. The van der Waals surface area contributed by atoms with Gasteiger partial charge >= 0.3 is 6.03 Å². The fourth-order valence-corrected chi connectivity index (χ4v) is 3.65. The van der Waals surface area contributed by atoms with Crippen molar-refractivity contribution in [3.8, 4) is 22.9 Å². The first-order valence-corrected chi connectivity index (χ1v) is 9.86. The third kappa shape index (κ3) is 4.04. The molecule has 0 radical (unpaired) electrons. The van der Waals surface area contributed by atoms with Gasteiger partial charge in [0.25, 0.3) is 0 Å². The van der Waals surface area contributed by atoms with E-state index in [0.29, 0.717) is 40.5 Å². The van der Waals surface area contributed by atoms with Crippen LogP contribution in [0, 0.1) is 0 Å². The molecule has 0 aliphatic carbocycles. The molecule has 0 bridgehead atoms. The first kappa shape index (κ1) is 20.0. The lowest BCUT2D eigenvalue weighted by molar-refractivity contribution is 0.193. The number of hydrogen-bond acceptors (Lipinski definition) is 6. The Bertz CT molecular complexity index is 1050. The Morgan fingerprint density at radius 1 is 1.23 bits per heavy atom. The summed E-state index contributed by atoms with van der Waals surface area (Å²) in [6.07, 6.45) is 1.57. The number of anilines is 1. The lowest BCUT2D eigenvalue weighted by atomic mass is 10.2. The molecule has 1 aromatic heterocycles. The zero-order valence-electron chi connectivity index (χ0n) is 16.6. The highest BCUT2D eigenvalue weighted by Crippen LogP contribution is 2.34. The molecule has 9 heteroatoms. The van der Waals surface area contributed by atoms with Crippen molar-refractivity contribution in [2.24, 2.45) is 0 Å². The Balaban J connectivity index is 1.53. The number of urea groups is 1. The van der Waals surface area contributed by atoms with E-state index >= 15 is 0 Å². The van der Waals surface area contributed by atoms with E-state index < -0.39 is 0 Å². The maximum absolute atomic E-state index is 12.9. The molecule has 3 aromatic rings. The number of benzene rings is 2. The van der Waals surface area contributed by atoms with E-state index in [4.69, 9.17) is 25.6 Å². The van der Waals surface area contributed by atoms with Gasteiger partial charge in [-0.05, 0) is 43.2 Å². The molecule has 1 N–H and O–H groups in total. The lowest BCUT2D eigenvalue weighted by Crippen LogP contribution is -2.34. The van der Waals surface area contributed by atoms with Gasteiger partial charge in [-0.2, -0.15) is 4.98 Å². The molecule has 8 nitrogen and oxygen atoms in total. The summed E-state index contributed by atoms with van der Waals surface area (Å²) in [6.45, 7) is 0.580. The molecule has 1 fully saturated rings. The Morgan fingerprint density at radius 2 is 2.10 bits per heavy atom. The Kier molecular flexibility index (Phi) is 5.76. The second kappa shape index (κ2) is 8.62. The summed E-state index contributed by atoms with van der Waals surface area (Å²) in [6, 6.07) is 11.9. The number of rotatable bonds is 5. The minimum absolute atomic E-state index is 0.279. The maximum Gasteiger partial charge on any atom is 0.322 e. The number of aromatic nitrogens is 2. The minimum Gasteiger partial charge on any atom is -0.497 e. The largest absolute Gasteiger partial charge is 0.497 e. The molecule has 2 heterocycles. The zero-order chi connectivity index (χ0) is 21.1. The highest BCUT2D eigenvalue weighted by molar-refractivity contribution is 6.31. The predicted molar refractivity (Wildman–Crippen MR) is 112 cm³/mol. The van der Waals surface area contributed by atoms with E-state index in [1.54, 1.807) is 30.2 Å². The van der Waals surface area contributed by atoms with Crippen LogP contribution in [-0.4, -0.2) is 41.8 Å². The van der Waals surface area contributed by atoms with E-state index in [1.807, 2.05) is 24.3 Å². The van der Waals surface area contributed by atoms with Crippen LogP contribution >= 0.6 is 11.6 Å². The Hall–Kier alpha value is -3.26. The molecule has 30 heavy (non-hydrogen) atoms. The summed E-state index contributed by atoms with van der Waals surface area (Å²) >= 11 is 6.06. The summed E-state index contributed by atoms with van der Waals surface area (Å²) in [5.41, 5.74) is 1.28. The number of halogens is 1. The lowest BCUT2D eigenvalue weighted by Gasteiger charge is -2.23. The summed E-state index contributed by atoms with van der Waals surface area (Å²) in [5, 5.41) is 7.46. The van der Waals surface area contributed by atoms with Gasteiger partial charge in [0.2, 0.25) is 11.7 Å². The van der Waals surface area contributed by atoms with Crippen molar-refractivity contribution in [2.45, 2.75) is 18.9 Å². The number of methoxy groups -OCH3 is 2. The third-order valence-electron chi connectivity index (χ3n) is 4.97. The van der Waals surface area contributed by atoms with Gasteiger partial charge in [0.1, 0.15) is 17.5 Å². The van der Waals surface area contributed by atoms with E-state index in [0.717, 1.165) is 18.4 Å². The number of carbonyl (C=O) groups excluding carboxylic acids is 1. The number of nitrogens with zero attached hydrogens (tertiary/aromatic N) is 3. The van der Waals surface area contributed by atoms with E-state index in [-0.39, 0.29) is 12.1 Å². The highest BCUT2D eigenvalue weighted by atomic mass is 35.5. The van der Waals surface area contributed by atoms with Crippen LogP contribution in [-0.2, 0) is 0 Å². The van der Waals surface area contributed by atoms with Gasteiger partial charge in [0.05, 0.1) is 19.9 Å². The third-order valence-corrected chi connectivity index (χ3v) is 5.21. The molecule has 1 aliphatic heterocycles. The van der Waals surface area contributed by atoms with Gasteiger partial charge in [-0.1, -0.05) is 28.9 Å². The van der Waals surface area contributed by atoms with Gasteiger partial charge in [-0.3, -0.25) is 0 Å². The van der Waals surface area contributed by atoms with Crippen LogP contribution in [0.3, 0.4) is 0 Å². The van der Waals surface area contributed by atoms with Crippen molar-refractivity contribution in [1.82, 2.24) is 15.0 Å². The normalized spacial score (nSPS) is 15.8. The van der Waals surface area contributed by atoms with Crippen molar-refractivity contribution in [3.05, 3.63) is 53.4 Å². The fraction of sp³-hybridized carbons (Fsp3) is 0.286. The summed E-state index contributed by atoms with van der Waals surface area (Å²) < 4.78 is 16.1. The first-order valence-electron chi connectivity index (χ1n) is 9.48. The highest BCUT2D eigenvalue weighted by Gasteiger charge is 2.34. The summed E-state index contributed by atoms with van der Waals surface area (Å²) in [7, 11) is 3.14. The van der Waals surface area contributed by atoms with Gasteiger partial charge < -0.3 is 24.2 Å². The molecule has 1 aliphatic rings. The standard InChI is InChI=1S/C21H21ClN4O4/c1-28-15-6-3-5-13(11-15)19-24-20(30-25-19)17-7-4-10-26(17)21(27)23-16-12-14(22)8-9-18(16)29-2/h3,5-6,8-9,11-12,17H,4,7,10H2,1-2H3,(H,23,27)/t17-/m0/s1. The summed E-state index contributed by atoms with van der Waals surface area (Å²) in [4.78, 5) is 19.2. The molecule has 1 saturated heterocycles. The SMILES string of the molecule is COc1cccc(-c2noc([C@@H]3CCCN3C(=O)Nc3cc(Cl)ccc3OC)n2)c1. The van der Waals surface area contributed by atoms with Gasteiger partial charge in [-0.15, -0.1) is 0 Å². The molecular formula is C21H21ClN4O4. The number of carbonyl (C=O) groups is 1. The number of likely N-dealkylation sites (tertiary alicyclic amines) is 1. The Labute approximate surface area is 178 Å². The molecule has 0 saturated carbocycles.